The van der Waals surface area contributed by atoms with Crippen LogP contribution in [0.1, 0.15) is 5.56 Å². The molecule has 0 aliphatic rings. The highest BCUT2D eigenvalue weighted by Gasteiger charge is 2.18. The number of hydrogen-bond acceptors (Lipinski definition) is 6. The number of nitrogens with zero attached hydrogens (tertiary/aromatic N) is 3. The van der Waals surface area contributed by atoms with Gasteiger partial charge in [-0.25, -0.2) is 4.21 Å². The fourth-order valence-corrected chi connectivity index (χ4v) is 3.71. The summed E-state index contributed by atoms with van der Waals surface area (Å²) in [5, 5.41) is 8.87. The van der Waals surface area contributed by atoms with E-state index in [2.05, 4.69) is 15.0 Å². The van der Waals surface area contributed by atoms with Crippen LogP contribution in [0.15, 0.2) is 64.3 Å². The summed E-state index contributed by atoms with van der Waals surface area (Å²) in [5.74, 6) is 1.54. The van der Waals surface area contributed by atoms with E-state index in [-0.39, 0.29) is 0 Å². The first kappa shape index (κ1) is 18.1. The molecule has 2 aromatic heterocycles. The van der Waals surface area contributed by atoms with Crippen molar-refractivity contribution in [2.45, 2.75) is 11.4 Å². The number of rotatable bonds is 7. The average Bonchev–Trinajstić information content (AvgIpc) is 3.37. The van der Waals surface area contributed by atoms with Gasteiger partial charge in [0.05, 0.1) is 25.7 Å². The van der Waals surface area contributed by atoms with Crippen molar-refractivity contribution in [1.82, 2.24) is 14.9 Å². The van der Waals surface area contributed by atoms with Gasteiger partial charge in [-0.05, 0) is 42.0 Å². The van der Waals surface area contributed by atoms with Crippen LogP contribution in [0.5, 0.6) is 11.5 Å². The molecule has 9 heteroatoms. The third kappa shape index (κ3) is 3.56. The quantitative estimate of drug-likeness (QED) is 0.514. The molecule has 1 atom stereocenters. The number of hydrogen-bond donors (Lipinski definition) is 1. The zero-order chi connectivity index (χ0) is 19.5. The molecule has 0 aliphatic heterocycles. The molecule has 0 fully saturated rings. The first-order chi connectivity index (χ1) is 13.7. The van der Waals surface area contributed by atoms with Crippen LogP contribution < -0.4 is 14.2 Å². The zero-order valence-electron chi connectivity index (χ0n) is 15.3. The summed E-state index contributed by atoms with van der Waals surface area (Å²) < 4.78 is 33.6. The second kappa shape index (κ2) is 7.73. The van der Waals surface area contributed by atoms with Crippen molar-refractivity contribution in [2.24, 2.45) is 0 Å². The predicted octanol–water partition coefficient (Wildman–Crippen LogP) is 3.22. The predicted molar refractivity (Wildman–Crippen MR) is 105 cm³/mol. The number of benzene rings is 2. The molecular formula is C19H18N4O4S. The third-order valence-corrected chi connectivity index (χ3v) is 5.23. The third-order valence-electron chi connectivity index (χ3n) is 4.17. The van der Waals surface area contributed by atoms with Gasteiger partial charge >= 0.3 is 0 Å². The molecule has 4 rings (SSSR count). The van der Waals surface area contributed by atoms with E-state index in [9.17, 15) is 4.21 Å². The molecule has 2 heterocycles. The molecule has 0 bridgehead atoms. The van der Waals surface area contributed by atoms with E-state index in [1.54, 1.807) is 49.4 Å². The maximum absolute atomic E-state index is 12.7. The van der Waals surface area contributed by atoms with Gasteiger partial charge in [-0.15, -0.1) is 0 Å². The van der Waals surface area contributed by atoms with E-state index in [0.29, 0.717) is 39.7 Å². The summed E-state index contributed by atoms with van der Waals surface area (Å²) in [5.41, 5.74) is 1.48. The maximum atomic E-state index is 12.7. The van der Waals surface area contributed by atoms with E-state index in [4.69, 9.17) is 14.0 Å². The second-order valence-electron chi connectivity index (χ2n) is 5.96. The molecule has 1 unspecified atom stereocenters. The number of methoxy groups -OCH3 is 2. The van der Waals surface area contributed by atoms with Gasteiger partial charge in [-0.1, -0.05) is 11.2 Å². The van der Waals surface area contributed by atoms with Gasteiger partial charge < -0.3 is 14.0 Å². The minimum Gasteiger partial charge on any atom is -0.497 e. The number of nitrogens with one attached hydrogen (secondary N) is 1. The fraction of sp³-hybridized carbons (Fsp3) is 0.158. The summed E-state index contributed by atoms with van der Waals surface area (Å²) in [6.07, 6.45) is 3.60. The van der Waals surface area contributed by atoms with E-state index >= 15 is 0 Å². The lowest BCUT2D eigenvalue weighted by Crippen LogP contribution is -2.06. The Labute approximate surface area is 163 Å². The minimum absolute atomic E-state index is 0.346. The van der Waals surface area contributed by atoms with Crippen LogP contribution in [-0.4, -0.2) is 33.4 Å². The lowest BCUT2D eigenvalue weighted by molar-refractivity contribution is 0.413. The van der Waals surface area contributed by atoms with Gasteiger partial charge in [-0.3, -0.25) is 9.40 Å². The second-order valence-corrected chi connectivity index (χ2v) is 7.17. The van der Waals surface area contributed by atoms with Gasteiger partial charge in [0, 0.05) is 12.4 Å². The van der Waals surface area contributed by atoms with E-state index in [1.165, 1.54) is 0 Å². The molecule has 2 aromatic carbocycles. The van der Waals surface area contributed by atoms with Gasteiger partial charge in [0.2, 0.25) is 0 Å². The lowest BCUT2D eigenvalue weighted by Gasteiger charge is -2.08. The molecule has 4 aromatic rings. The van der Waals surface area contributed by atoms with Crippen LogP contribution in [0.25, 0.3) is 11.0 Å². The van der Waals surface area contributed by atoms with E-state index in [0.717, 1.165) is 5.56 Å². The van der Waals surface area contributed by atoms with Crippen LogP contribution in [0.2, 0.25) is 0 Å². The standard InChI is InChI=1S/C19H18N4O4S/c1-25-14-5-3-6-15(11-14)28(24)22-19-18-16(26-2)9-13(10-17(18)27-21-19)12-23-8-4-7-20-23/h3-11H,12H2,1-2H3,(H,21,22). The highest BCUT2D eigenvalue weighted by molar-refractivity contribution is 7.86. The van der Waals surface area contributed by atoms with Crippen molar-refractivity contribution in [1.29, 1.82) is 0 Å². The smallest absolute Gasteiger partial charge is 0.193 e. The molecule has 0 aliphatic carbocycles. The van der Waals surface area contributed by atoms with E-state index in [1.807, 2.05) is 24.4 Å². The van der Waals surface area contributed by atoms with Crippen LogP contribution in [0.4, 0.5) is 5.82 Å². The Morgan fingerprint density at radius 3 is 2.82 bits per heavy atom. The number of fused-ring (bicyclic) bond motifs is 1. The van der Waals surface area contributed by atoms with Gasteiger partial charge in [-0.2, -0.15) is 5.10 Å². The maximum Gasteiger partial charge on any atom is 0.193 e. The molecule has 0 saturated heterocycles. The first-order valence-corrected chi connectivity index (χ1v) is 9.59. The van der Waals surface area contributed by atoms with Gasteiger partial charge in [0.25, 0.3) is 0 Å². The van der Waals surface area contributed by atoms with Gasteiger partial charge in [0.1, 0.15) is 16.9 Å². The molecule has 0 radical (unpaired) electrons. The van der Waals surface area contributed by atoms with Crippen LogP contribution in [-0.2, 0) is 17.5 Å². The summed E-state index contributed by atoms with van der Waals surface area (Å²) in [6.45, 7) is 0.568. The molecule has 28 heavy (non-hydrogen) atoms. The summed E-state index contributed by atoms with van der Waals surface area (Å²) >= 11 is 0. The van der Waals surface area contributed by atoms with Crippen LogP contribution in [0.3, 0.4) is 0 Å². The van der Waals surface area contributed by atoms with Crippen molar-refractivity contribution >= 4 is 27.8 Å². The molecule has 0 saturated carbocycles. The van der Waals surface area contributed by atoms with Crippen LogP contribution >= 0.6 is 0 Å². The monoisotopic (exact) mass is 398 g/mol. The van der Waals surface area contributed by atoms with E-state index < -0.39 is 11.0 Å². The Morgan fingerprint density at radius 1 is 1.18 bits per heavy atom. The summed E-state index contributed by atoms with van der Waals surface area (Å²) in [4.78, 5) is 0.560. The zero-order valence-corrected chi connectivity index (χ0v) is 16.1. The number of aromatic nitrogens is 3. The van der Waals surface area contributed by atoms with Crippen molar-refractivity contribution in [3.05, 3.63) is 60.4 Å². The van der Waals surface area contributed by atoms with Crippen molar-refractivity contribution in [2.75, 3.05) is 18.9 Å². The normalized spacial score (nSPS) is 12.1. The Balaban J connectivity index is 1.65. The Hall–Kier alpha value is -3.33. The highest BCUT2D eigenvalue weighted by Crippen LogP contribution is 2.34. The Bertz CT molecular complexity index is 1120. The number of anilines is 1. The van der Waals surface area contributed by atoms with Crippen molar-refractivity contribution in [3.63, 3.8) is 0 Å². The Morgan fingerprint density at radius 2 is 2.07 bits per heavy atom. The molecular weight excluding hydrogens is 380 g/mol. The largest absolute Gasteiger partial charge is 0.497 e. The molecule has 8 nitrogen and oxygen atoms in total. The lowest BCUT2D eigenvalue weighted by atomic mass is 10.1. The molecule has 1 N–H and O–H groups in total. The van der Waals surface area contributed by atoms with Crippen molar-refractivity contribution < 1.29 is 18.2 Å². The minimum atomic E-state index is -1.54. The summed E-state index contributed by atoms with van der Waals surface area (Å²) in [7, 11) is 1.59. The van der Waals surface area contributed by atoms with Crippen LogP contribution in [0, 0.1) is 0 Å². The van der Waals surface area contributed by atoms with Gasteiger partial charge in [0.15, 0.2) is 22.4 Å². The SMILES string of the molecule is COc1cccc(S(=O)Nc2noc3cc(Cn4cccn4)cc(OC)c23)c1. The van der Waals surface area contributed by atoms with Crippen molar-refractivity contribution in [3.8, 4) is 11.5 Å². The average molecular weight is 398 g/mol. The fourth-order valence-electron chi connectivity index (χ4n) is 2.86. The number of ether oxygens (including phenoxy) is 2. The Kier molecular flexibility index (Phi) is 4.98. The molecule has 0 spiro atoms. The highest BCUT2D eigenvalue weighted by atomic mass is 32.2. The molecule has 0 amide bonds. The molecule has 144 valence electrons. The summed E-state index contributed by atoms with van der Waals surface area (Å²) in [6, 6.07) is 12.6. The first-order valence-electron chi connectivity index (χ1n) is 8.44. The topological polar surface area (TPSA) is 91.4 Å².